The van der Waals surface area contributed by atoms with E-state index in [0.29, 0.717) is 12.1 Å². The van der Waals surface area contributed by atoms with Crippen molar-refractivity contribution in [2.75, 3.05) is 14.1 Å². The van der Waals surface area contributed by atoms with Crippen molar-refractivity contribution in [1.29, 1.82) is 0 Å². The second-order valence-electron chi connectivity index (χ2n) is 5.98. The molecule has 0 aromatic heterocycles. The number of fused-ring (bicyclic) bond motifs is 1. The molecule has 1 aromatic carbocycles. The van der Waals surface area contributed by atoms with Gasteiger partial charge in [0.1, 0.15) is 6.17 Å². The summed E-state index contributed by atoms with van der Waals surface area (Å²) < 4.78 is 0. The molecule has 20 heavy (non-hydrogen) atoms. The highest BCUT2D eigenvalue weighted by Crippen LogP contribution is 2.38. The third-order valence-corrected chi connectivity index (χ3v) is 4.54. The topological polar surface area (TPSA) is 18.8 Å². The fourth-order valence-electron chi connectivity index (χ4n) is 2.64. The van der Waals surface area contributed by atoms with Crippen molar-refractivity contribution >= 4 is 16.9 Å². The van der Waals surface area contributed by atoms with Crippen LogP contribution in [0.25, 0.3) is 0 Å². The minimum absolute atomic E-state index is 0.113. The molecule has 1 aromatic rings. The molecule has 0 saturated carbocycles. The number of rotatable bonds is 3. The first-order valence-electron chi connectivity index (χ1n) is 7.21. The van der Waals surface area contributed by atoms with Gasteiger partial charge in [0.25, 0.3) is 0 Å². The molecule has 0 amide bonds. The van der Waals surface area contributed by atoms with Gasteiger partial charge >= 0.3 is 0 Å². The predicted octanol–water partition coefficient (Wildman–Crippen LogP) is 3.83. The normalized spacial score (nSPS) is 18.4. The van der Waals surface area contributed by atoms with Crippen molar-refractivity contribution < 1.29 is 0 Å². The monoisotopic (exact) mass is 291 g/mol. The molecule has 2 rings (SSSR count). The van der Waals surface area contributed by atoms with E-state index in [4.69, 9.17) is 4.99 Å². The largest absolute Gasteiger partial charge is 0.346 e. The van der Waals surface area contributed by atoms with Gasteiger partial charge in [-0.1, -0.05) is 30.0 Å². The van der Waals surface area contributed by atoms with Crippen LogP contribution in [0.1, 0.15) is 39.4 Å². The highest BCUT2D eigenvalue weighted by Gasteiger charge is 2.28. The molecule has 0 N–H and O–H groups in total. The van der Waals surface area contributed by atoms with Gasteiger partial charge in [0, 0.05) is 22.5 Å². The lowest BCUT2D eigenvalue weighted by Gasteiger charge is -2.37. The van der Waals surface area contributed by atoms with E-state index in [9.17, 15) is 0 Å². The summed E-state index contributed by atoms with van der Waals surface area (Å²) in [6.45, 7) is 8.92. The minimum atomic E-state index is 0.113. The van der Waals surface area contributed by atoms with Crippen LogP contribution in [-0.2, 0) is 0 Å². The zero-order chi connectivity index (χ0) is 14.9. The van der Waals surface area contributed by atoms with Crippen molar-refractivity contribution in [3.8, 4) is 0 Å². The molecule has 110 valence electrons. The second kappa shape index (κ2) is 6.19. The standard InChI is InChI=1S/C16H25N3S/c1-11(2)19(12(3)4)16-17-15(18(5)6)13-9-7-8-10-14(13)20-16/h7-12,15H,1-6H3. The van der Waals surface area contributed by atoms with Gasteiger partial charge in [-0.2, -0.15) is 0 Å². The first kappa shape index (κ1) is 15.4. The molecule has 1 heterocycles. The Morgan fingerprint density at radius 3 is 2.20 bits per heavy atom. The molecule has 1 unspecified atom stereocenters. The highest BCUT2D eigenvalue weighted by atomic mass is 32.2. The Morgan fingerprint density at radius 1 is 1.05 bits per heavy atom. The number of nitrogens with zero attached hydrogens (tertiary/aromatic N) is 3. The molecule has 0 saturated heterocycles. The number of aliphatic imine (C=N–C) groups is 1. The smallest absolute Gasteiger partial charge is 0.166 e. The van der Waals surface area contributed by atoms with E-state index in [1.807, 2.05) is 0 Å². The lowest BCUT2D eigenvalue weighted by atomic mass is 10.1. The Hall–Kier alpha value is -1.00. The van der Waals surface area contributed by atoms with Crippen molar-refractivity contribution in [3.05, 3.63) is 29.8 Å². The van der Waals surface area contributed by atoms with E-state index < -0.39 is 0 Å². The molecule has 0 radical (unpaired) electrons. The molecular weight excluding hydrogens is 266 g/mol. The maximum Gasteiger partial charge on any atom is 0.166 e. The van der Waals surface area contributed by atoms with Crippen LogP contribution in [0.15, 0.2) is 34.2 Å². The summed E-state index contributed by atoms with van der Waals surface area (Å²) in [6.07, 6.45) is 0.113. The Bertz CT molecular complexity index is 486. The van der Waals surface area contributed by atoms with Gasteiger partial charge in [-0.15, -0.1) is 0 Å². The summed E-state index contributed by atoms with van der Waals surface area (Å²) in [5, 5.41) is 1.13. The maximum atomic E-state index is 5.00. The zero-order valence-electron chi connectivity index (χ0n) is 13.3. The highest BCUT2D eigenvalue weighted by molar-refractivity contribution is 8.13. The van der Waals surface area contributed by atoms with Crippen LogP contribution in [0, 0.1) is 0 Å². The van der Waals surface area contributed by atoms with E-state index in [2.05, 4.69) is 75.9 Å². The molecular formula is C16H25N3S. The summed E-state index contributed by atoms with van der Waals surface area (Å²) in [5.74, 6) is 0. The van der Waals surface area contributed by atoms with E-state index >= 15 is 0 Å². The SMILES string of the molecule is CC(C)N(C1=NC(N(C)C)c2ccccc2S1)C(C)C. The molecule has 1 atom stereocenters. The van der Waals surface area contributed by atoms with Crippen molar-refractivity contribution in [2.45, 2.75) is 50.8 Å². The van der Waals surface area contributed by atoms with Crippen molar-refractivity contribution in [3.63, 3.8) is 0 Å². The van der Waals surface area contributed by atoms with Gasteiger partial charge in [0.2, 0.25) is 0 Å². The van der Waals surface area contributed by atoms with Gasteiger partial charge < -0.3 is 4.90 Å². The first-order valence-corrected chi connectivity index (χ1v) is 8.02. The van der Waals surface area contributed by atoms with Crippen LogP contribution in [0.2, 0.25) is 0 Å². The molecule has 3 nitrogen and oxygen atoms in total. The average molecular weight is 291 g/mol. The van der Waals surface area contributed by atoms with E-state index in [0.717, 1.165) is 5.17 Å². The summed E-state index contributed by atoms with van der Waals surface area (Å²) in [4.78, 5) is 10.9. The average Bonchev–Trinajstić information content (AvgIpc) is 2.36. The van der Waals surface area contributed by atoms with Gasteiger partial charge in [-0.25, -0.2) is 4.99 Å². The molecule has 4 heteroatoms. The van der Waals surface area contributed by atoms with E-state index in [1.165, 1.54) is 10.5 Å². The van der Waals surface area contributed by atoms with Crippen molar-refractivity contribution in [2.24, 2.45) is 4.99 Å². The molecule has 0 bridgehead atoms. The van der Waals surface area contributed by atoms with Crippen LogP contribution in [0.5, 0.6) is 0 Å². The lowest BCUT2D eigenvalue weighted by Crippen LogP contribution is -2.42. The van der Waals surface area contributed by atoms with Crippen LogP contribution in [0.3, 0.4) is 0 Å². The third-order valence-electron chi connectivity index (χ3n) is 3.45. The minimum Gasteiger partial charge on any atom is -0.346 e. The van der Waals surface area contributed by atoms with Gasteiger partial charge in [0.15, 0.2) is 5.17 Å². The fourth-order valence-corrected chi connectivity index (χ4v) is 3.95. The van der Waals surface area contributed by atoms with Gasteiger partial charge in [-0.05, 0) is 47.9 Å². The molecule has 0 aliphatic carbocycles. The quantitative estimate of drug-likeness (QED) is 0.843. The van der Waals surface area contributed by atoms with Crippen LogP contribution >= 0.6 is 11.8 Å². The van der Waals surface area contributed by atoms with Gasteiger partial charge in [0.05, 0.1) is 0 Å². The zero-order valence-corrected chi connectivity index (χ0v) is 14.1. The third kappa shape index (κ3) is 3.01. The number of hydrogen-bond acceptors (Lipinski definition) is 4. The summed E-state index contributed by atoms with van der Waals surface area (Å²) in [7, 11) is 4.18. The second-order valence-corrected chi connectivity index (χ2v) is 6.99. The Labute approximate surface area is 127 Å². The molecule has 1 aliphatic heterocycles. The lowest BCUT2D eigenvalue weighted by molar-refractivity contribution is 0.275. The van der Waals surface area contributed by atoms with E-state index in [-0.39, 0.29) is 6.17 Å². The Kier molecular flexibility index (Phi) is 4.76. The number of thioether (sulfide) groups is 1. The van der Waals surface area contributed by atoms with E-state index in [1.54, 1.807) is 11.8 Å². The summed E-state index contributed by atoms with van der Waals surface area (Å²) >= 11 is 1.79. The summed E-state index contributed by atoms with van der Waals surface area (Å²) in [6, 6.07) is 9.49. The number of amidine groups is 1. The Morgan fingerprint density at radius 2 is 1.65 bits per heavy atom. The van der Waals surface area contributed by atoms with Crippen LogP contribution in [0.4, 0.5) is 0 Å². The maximum absolute atomic E-state index is 5.00. The fraction of sp³-hybridized carbons (Fsp3) is 0.562. The number of hydrogen-bond donors (Lipinski definition) is 0. The molecule has 0 spiro atoms. The Balaban J connectivity index is 2.42. The number of benzene rings is 1. The van der Waals surface area contributed by atoms with Crippen LogP contribution < -0.4 is 0 Å². The van der Waals surface area contributed by atoms with Crippen molar-refractivity contribution in [1.82, 2.24) is 9.80 Å². The predicted molar refractivity (Wildman–Crippen MR) is 88.3 cm³/mol. The van der Waals surface area contributed by atoms with Gasteiger partial charge in [-0.3, -0.25) is 4.90 Å². The first-order chi connectivity index (χ1) is 9.41. The molecule has 0 fully saturated rings. The summed E-state index contributed by atoms with van der Waals surface area (Å²) in [5.41, 5.74) is 1.30. The van der Waals surface area contributed by atoms with Crippen LogP contribution in [-0.4, -0.2) is 41.1 Å². The molecule has 1 aliphatic rings.